The average Bonchev–Trinajstić information content (AvgIpc) is 2.94. The number of benzene rings is 1. The van der Waals surface area contributed by atoms with Gasteiger partial charge < -0.3 is 10.0 Å². The van der Waals surface area contributed by atoms with Crippen molar-refractivity contribution in [2.45, 2.75) is 31.8 Å². The summed E-state index contributed by atoms with van der Waals surface area (Å²) in [5.74, 6) is -2.43. The highest BCUT2D eigenvalue weighted by molar-refractivity contribution is 6.00. The van der Waals surface area contributed by atoms with E-state index in [0.29, 0.717) is 30.8 Å². The number of imide groups is 1. The number of piperazine rings is 1. The van der Waals surface area contributed by atoms with Crippen LogP contribution in [0.5, 0.6) is 0 Å². The summed E-state index contributed by atoms with van der Waals surface area (Å²) in [7, 11) is 1.45. The van der Waals surface area contributed by atoms with Crippen molar-refractivity contribution in [1.29, 1.82) is 0 Å². The van der Waals surface area contributed by atoms with Crippen molar-refractivity contribution >= 4 is 34.5 Å². The Labute approximate surface area is 176 Å². The van der Waals surface area contributed by atoms with Crippen LogP contribution in [-0.2, 0) is 21.4 Å². The Hall–Kier alpha value is -3.21. The van der Waals surface area contributed by atoms with Crippen LogP contribution in [0, 0.1) is 5.82 Å². The number of aromatic nitrogens is 2. The molecule has 2 saturated heterocycles. The lowest BCUT2D eigenvalue weighted by Gasteiger charge is -2.40. The van der Waals surface area contributed by atoms with Crippen molar-refractivity contribution < 1.29 is 23.9 Å². The summed E-state index contributed by atoms with van der Waals surface area (Å²) in [6.07, 6.45) is 0.285. The number of carboxylic acids is 1. The molecule has 31 heavy (non-hydrogen) atoms. The van der Waals surface area contributed by atoms with Crippen molar-refractivity contribution in [3.63, 3.8) is 0 Å². The number of piperidine rings is 1. The maximum absolute atomic E-state index is 15.6. The Balaban J connectivity index is 1.71. The van der Waals surface area contributed by atoms with E-state index in [2.05, 4.69) is 5.32 Å². The first-order valence-electron chi connectivity index (χ1n) is 10.1. The number of carbonyl (C=O) groups is 3. The molecule has 0 spiro atoms. The minimum absolute atomic E-state index is 0.0665. The Morgan fingerprint density at radius 2 is 2.00 bits per heavy atom. The monoisotopic (exact) mass is 433 g/mol. The molecular formula is C20H24FN5O5. The molecule has 2 amide bonds. The van der Waals surface area contributed by atoms with E-state index in [-0.39, 0.29) is 36.9 Å². The number of nitrogens with zero attached hydrogens (tertiary/aromatic N) is 4. The number of anilines is 1. The molecule has 1 aromatic heterocycles. The lowest BCUT2D eigenvalue weighted by molar-refractivity contribution is -0.139. The van der Waals surface area contributed by atoms with Crippen LogP contribution >= 0.6 is 0 Å². The molecule has 0 radical (unpaired) electrons. The van der Waals surface area contributed by atoms with Crippen molar-refractivity contribution in [1.82, 2.24) is 19.4 Å². The number of hydrogen-bond donors (Lipinski definition) is 2. The van der Waals surface area contributed by atoms with Crippen molar-refractivity contribution in [3.05, 3.63) is 28.4 Å². The SMILES string of the molecule is C[C@@H]1CN(CC(=O)O)CCN1c1ccc2c(c1F)n(C)c(=O)n2C1CCC(=O)NC1=O. The van der Waals surface area contributed by atoms with Gasteiger partial charge in [0.1, 0.15) is 11.6 Å². The van der Waals surface area contributed by atoms with Crippen molar-refractivity contribution in [2.24, 2.45) is 7.05 Å². The maximum atomic E-state index is 15.6. The molecule has 166 valence electrons. The van der Waals surface area contributed by atoms with E-state index in [1.54, 1.807) is 17.0 Å². The summed E-state index contributed by atoms with van der Waals surface area (Å²) in [4.78, 5) is 51.3. The molecule has 2 N–H and O–H groups in total. The van der Waals surface area contributed by atoms with Gasteiger partial charge in [-0.25, -0.2) is 9.18 Å². The van der Waals surface area contributed by atoms with Crippen LogP contribution in [-0.4, -0.2) is 69.1 Å². The zero-order chi connectivity index (χ0) is 22.4. The predicted octanol–water partition coefficient (Wildman–Crippen LogP) is 0.0519. The van der Waals surface area contributed by atoms with Gasteiger partial charge in [-0.15, -0.1) is 0 Å². The quantitative estimate of drug-likeness (QED) is 0.655. The van der Waals surface area contributed by atoms with Gasteiger partial charge in [-0.2, -0.15) is 0 Å². The maximum Gasteiger partial charge on any atom is 0.329 e. The first kappa shape index (κ1) is 21.0. The van der Waals surface area contributed by atoms with E-state index in [1.165, 1.54) is 16.2 Å². The van der Waals surface area contributed by atoms with E-state index in [1.807, 2.05) is 11.8 Å². The number of fused-ring (bicyclic) bond motifs is 1. The first-order chi connectivity index (χ1) is 14.7. The molecule has 11 heteroatoms. The summed E-state index contributed by atoms with van der Waals surface area (Å²) >= 11 is 0. The second kappa shape index (κ2) is 7.80. The largest absolute Gasteiger partial charge is 0.480 e. The fourth-order valence-electron chi connectivity index (χ4n) is 4.59. The van der Waals surface area contributed by atoms with Crippen LogP contribution in [0.2, 0.25) is 0 Å². The third-order valence-corrected chi connectivity index (χ3v) is 6.06. The van der Waals surface area contributed by atoms with E-state index in [0.717, 1.165) is 0 Å². The number of halogens is 1. The summed E-state index contributed by atoms with van der Waals surface area (Å²) < 4.78 is 18.1. The molecule has 2 atom stereocenters. The van der Waals surface area contributed by atoms with E-state index in [4.69, 9.17) is 5.11 Å². The second-order valence-electron chi connectivity index (χ2n) is 8.12. The van der Waals surface area contributed by atoms with Gasteiger partial charge in [0.05, 0.1) is 17.7 Å². The van der Waals surface area contributed by atoms with Gasteiger partial charge in [0.25, 0.3) is 0 Å². The predicted molar refractivity (Wildman–Crippen MR) is 109 cm³/mol. The topological polar surface area (TPSA) is 117 Å². The number of carboxylic acid groups (broad SMARTS) is 1. The average molecular weight is 433 g/mol. The number of imidazole rings is 1. The molecule has 10 nitrogen and oxygen atoms in total. The Morgan fingerprint density at radius 3 is 2.65 bits per heavy atom. The summed E-state index contributed by atoms with van der Waals surface area (Å²) in [6, 6.07) is 2.20. The Bertz CT molecular complexity index is 1140. The first-order valence-corrected chi connectivity index (χ1v) is 10.1. The molecule has 4 rings (SSSR count). The normalized spacial score (nSPS) is 22.7. The molecule has 1 unspecified atom stereocenters. The summed E-state index contributed by atoms with van der Waals surface area (Å²) in [6.45, 7) is 3.22. The number of carbonyl (C=O) groups excluding carboxylic acids is 2. The fraction of sp³-hybridized carbons (Fsp3) is 0.500. The van der Waals surface area contributed by atoms with Gasteiger partial charge in [-0.3, -0.25) is 33.7 Å². The zero-order valence-corrected chi connectivity index (χ0v) is 17.3. The number of amides is 2. The molecule has 0 saturated carbocycles. The Morgan fingerprint density at radius 1 is 1.26 bits per heavy atom. The number of aliphatic carboxylic acids is 1. The van der Waals surface area contributed by atoms with Crippen molar-refractivity contribution in [2.75, 3.05) is 31.1 Å². The number of rotatable bonds is 4. The fourth-order valence-corrected chi connectivity index (χ4v) is 4.59. The van der Waals surface area contributed by atoms with Gasteiger partial charge in [-0.1, -0.05) is 0 Å². The highest BCUT2D eigenvalue weighted by Crippen LogP contribution is 2.31. The number of nitrogens with one attached hydrogen (secondary N) is 1. The van der Waals surface area contributed by atoms with Crippen LogP contribution in [0.3, 0.4) is 0 Å². The highest BCUT2D eigenvalue weighted by Gasteiger charge is 2.33. The molecule has 2 aromatic rings. The van der Waals surface area contributed by atoms with Gasteiger partial charge in [0, 0.05) is 39.1 Å². The van der Waals surface area contributed by atoms with Crippen LogP contribution in [0.25, 0.3) is 11.0 Å². The minimum atomic E-state index is -0.905. The molecule has 1 aromatic carbocycles. The van der Waals surface area contributed by atoms with Gasteiger partial charge in [-0.05, 0) is 25.5 Å². The smallest absolute Gasteiger partial charge is 0.329 e. The molecule has 0 bridgehead atoms. The lowest BCUT2D eigenvalue weighted by atomic mass is 10.1. The van der Waals surface area contributed by atoms with Crippen LogP contribution < -0.4 is 15.9 Å². The molecule has 2 aliphatic heterocycles. The van der Waals surface area contributed by atoms with Gasteiger partial charge in [0.15, 0.2) is 5.82 Å². The minimum Gasteiger partial charge on any atom is -0.480 e. The summed E-state index contributed by atoms with van der Waals surface area (Å²) in [5.41, 5.74) is 0.179. The van der Waals surface area contributed by atoms with E-state index in [9.17, 15) is 19.2 Å². The second-order valence-corrected chi connectivity index (χ2v) is 8.12. The molecule has 3 heterocycles. The van der Waals surface area contributed by atoms with Crippen molar-refractivity contribution in [3.8, 4) is 0 Å². The molecule has 2 fully saturated rings. The molecular weight excluding hydrogens is 409 g/mol. The van der Waals surface area contributed by atoms with Gasteiger partial charge in [0.2, 0.25) is 11.8 Å². The Kier molecular flexibility index (Phi) is 5.29. The van der Waals surface area contributed by atoms with E-state index < -0.39 is 29.4 Å². The van der Waals surface area contributed by atoms with Crippen LogP contribution in [0.4, 0.5) is 10.1 Å². The standard InChI is InChI=1S/C20H24FN5O5/c1-11-9-24(10-16(28)29)7-8-25(11)12-3-4-13-18(17(12)21)23(2)20(31)26(13)14-5-6-15(27)22-19(14)30/h3-4,11,14H,5-10H2,1-2H3,(H,28,29)(H,22,27,30)/t11-,14?/m1/s1. The highest BCUT2D eigenvalue weighted by atomic mass is 19.1. The van der Waals surface area contributed by atoms with E-state index >= 15 is 4.39 Å². The third kappa shape index (κ3) is 3.58. The number of hydrogen-bond acceptors (Lipinski definition) is 6. The molecule has 2 aliphatic rings. The molecule has 0 aliphatic carbocycles. The van der Waals surface area contributed by atoms with Crippen LogP contribution in [0.1, 0.15) is 25.8 Å². The third-order valence-electron chi connectivity index (χ3n) is 6.06. The van der Waals surface area contributed by atoms with Gasteiger partial charge >= 0.3 is 11.7 Å². The van der Waals surface area contributed by atoms with Crippen LogP contribution in [0.15, 0.2) is 16.9 Å². The number of aryl methyl sites for hydroxylation is 1. The zero-order valence-electron chi connectivity index (χ0n) is 17.3. The summed E-state index contributed by atoms with van der Waals surface area (Å²) in [5, 5.41) is 11.2. The lowest BCUT2D eigenvalue weighted by Crippen LogP contribution is -2.53.